The van der Waals surface area contributed by atoms with Crippen molar-refractivity contribution in [2.45, 2.75) is 168 Å². The highest BCUT2D eigenvalue weighted by Crippen LogP contribution is 2.44. The highest BCUT2D eigenvalue weighted by atomic mass is 19.1. The summed E-state index contributed by atoms with van der Waals surface area (Å²) in [5.41, 5.74) is 17.0. The molecule has 4 N–H and O–H groups in total. The Hall–Kier alpha value is -11.9. The summed E-state index contributed by atoms with van der Waals surface area (Å²) in [7, 11) is 1.80. The van der Waals surface area contributed by atoms with Gasteiger partial charge >= 0.3 is 0 Å². The molecule has 25 heteroatoms. The lowest BCUT2D eigenvalue weighted by Crippen LogP contribution is -2.38. The zero-order valence-electron chi connectivity index (χ0n) is 62.1. The zero-order valence-corrected chi connectivity index (χ0v) is 62.1. The minimum atomic E-state index is -0.944. The topological polar surface area (TPSA) is 319 Å². The van der Waals surface area contributed by atoms with Crippen molar-refractivity contribution in [3.8, 4) is 114 Å². The maximum atomic E-state index is 14.9. The first kappa shape index (κ1) is 75.8. The molecule has 108 heavy (non-hydrogen) atoms. The fraction of sp³-hybridized carbons (Fsp3) is 0.325. The van der Waals surface area contributed by atoms with E-state index in [-0.39, 0.29) is 39.8 Å². The van der Waals surface area contributed by atoms with Gasteiger partial charge in [-0.25, -0.2) is 23.7 Å². The third-order valence-corrected chi connectivity index (χ3v) is 20.5. The van der Waals surface area contributed by atoms with Crippen molar-refractivity contribution in [1.29, 1.82) is 10.5 Å². The van der Waals surface area contributed by atoms with Crippen LogP contribution in [0.15, 0.2) is 180 Å². The summed E-state index contributed by atoms with van der Waals surface area (Å²) in [6, 6.07) is 38.3. The van der Waals surface area contributed by atoms with Crippen LogP contribution in [0.4, 0.5) is 8.78 Å². The molecule has 23 nitrogen and oxygen atoms in total. The number of nitrogens with two attached hydrogens (primary N) is 1. The molecule has 0 atom stereocenters. The number of aromatic nitrogens is 12. The van der Waals surface area contributed by atoms with Gasteiger partial charge in [-0.2, -0.15) is 10.5 Å². The first-order valence-electron chi connectivity index (χ1n) is 36.4. The van der Waals surface area contributed by atoms with Crippen LogP contribution in [0.3, 0.4) is 0 Å². The Morgan fingerprint density at radius 3 is 1.38 bits per heavy atom. The van der Waals surface area contributed by atoms with Crippen LogP contribution >= 0.6 is 0 Å². The monoisotopic (exact) mass is 1460 g/mol. The van der Waals surface area contributed by atoms with Gasteiger partial charge in [0.1, 0.15) is 56.9 Å². The van der Waals surface area contributed by atoms with Crippen molar-refractivity contribution in [1.82, 2.24) is 69.7 Å². The Morgan fingerprint density at radius 1 is 0.546 bits per heavy atom. The second-order valence-corrected chi connectivity index (χ2v) is 27.4. The lowest BCUT2D eigenvalue weighted by atomic mass is 9.94. The minimum absolute atomic E-state index is 0. The van der Waals surface area contributed by atoms with Gasteiger partial charge in [-0.05, 0) is 157 Å². The van der Waals surface area contributed by atoms with Gasteiger partial charge < -0.3 is 34.5 Å². The van der Waals surface area contributed by atoms with Crippen molar-refractivity contribution in [3.63, 3.8) is 0 Å². The Morgan fingerprint density at radius 2 is 0.972 bits per heavy atom. The minimum Gasteiger partial charge on any atom is -0.354 e. The Kier molecular flexibility index (Phi) is 22.8. The Labute approximate surface area is 629 Å². The molecule has 560 valence electrons. The molecule has 0 unspecified atom stereocenters. The molecule has 0 amide bonds. The van der Waals surface area contributed by atoms with E-state index in [9.17, 15) is 33.7 Å². The Balaban J connectivity index is 0.000000207. The summed E-state index contributed by atoms with van der Waals surface area (Å²) in [6.45, 7) is 18.4. The second-order valence-electron chi connectivity index (χ2n) is 27.4. The molecule has 2 aliphatic carbocycles. The molecule has 0 bridgehead atoms. The van der Waals surface area contributed by atoms with Gasteiger partial charge in [-0.1, -0.05) is 87.3 Å². The molecule has 14 rings (SSSR count). The molecule has 2 fully saturated rings. The van der Waals surface area contributed by atoms with E-state index >= 15 is 0 Å². The number of benzene rings is 3. The van der Waals surface area contributed by atoms with Crippen molar-refractivity contribution in [2.75, 3.05) is 7.05 Å². The first-order chi connectivity index (χ1) is 52.1. The number of hydrogen-bond donors (Lipinski definition) is 3. The van der Waals surface area contributed by atoms with Crippen LogP contribution in [0, 0.1) is 55.1 Å². The fourth-order valence-electron chi connectivity index (χ4n) is 13.1. The van der Waals surface area contributed by atoms with Crippen LogP contribution in [-0.4, -0.2) is 72.2 Å². The van der Waals surface area contributed by atoms with E-state index in [1.165, 1.54) is 46.2 Å². The number of hydrogen-bond acceptors (Lipinski definition) is 20. The third kappa shape index (κ3) is 16.1. The van der Waals surface area contributed by atoms with Crippen LogP contribution in [0.1, 0.15) is 151 Å². The van der Waals surface area contributed by atoms with Gasteiger partial charge in [-0.3, -0.25) is 38.5 Å². The van der Waals surface area contributed by atoms with Gasteiger partial charge in [0.15, 0.2) is 17.3 Å². The van der Waals surface area contributed by atoms with Crippen LogP contribution in [0.2, 0.25) is 0 Å². The molecule has 0 aliphatic heterocycles. The average Bonchev–Trinajstić information content (AvgIpc) is 1.47. The quantitative estimate of drug-likeness (QED) is 0.0506. The summed E-state index contributed by atoms with van der Waals surface area (Å²) in [4.78, 5) is 65.4. The molecule has 0 radical (unpaired) electrons. The van der Waals surface area contributed by atoms with E-state index in [0.29, 0.717) is 141 Å². The fourth-order valence-corrected chi connectivity index (χ4v) is 13.1. The summed E-state index contributed by atoms with van der Waals surface area (Å²) in [5, 5.41) is 38.5. The van der Waals surface area contributed by atoms with Crippen LogP contribution < -0.4 is 33.0 Å². The van der Waals surface area contributed by atoms with E-state index in [2.05, 4.69) is 79.2 Å². The molecule has 9 heterocycles. The van der Waals surface area contributed by atoms with Gasteiger partial charge in [0.05, 0.1) is 64.9 Å². The molecule has 3 aromatic carbocycles. The third-order valence-electron chi connectivity index (χ3n) is 20.5. The summed E-state index contributed by atoms with van der Waals surface area (Å²) in [6.07, 6.45) is 18.2. The highest BCUT2D eigenvalue weighted by molar-refractivity contribution is 5.72. The van der Waals surface area contributed by atoms with Crippen molar-refractivity contribution < 1.29 is 28.1 Å². The Bertz CT molecular complexity index is 5570. The van der Waals surface area contributed by atoms with E-state index in [0.717, 1.165) is 64.9 Å². The number of pyridine rings is 3. The number of aryl methyl sites for hydroxylation is 3. The molecule has 0 spiro atoms. The summed E-state index contributed by atoms with van der Waals surface area (Å²) in [5.74, 6) is 0.486. The van der Waals surface area contributed by atoms with E-state index in [1.807, 2.05) is 71.1 Å². The first-order valence-corrected chi connectivity index (χ1v) is 36.4. The van der Waals surface area contributed by atoms with Crippen molar-refractivity contribution >= 4 is 0 Å². The average molecular weight is 1460 g/mol. The predicted molar refractivity (Wildman–Crippen MR) is 416 cm³/mol. The molecule has 2 aliphatic rings. The highest BCUT2D eigenvalue weighted by Gasteiger charge is 2.40. The van der Waals surface area contributed by atoms with Gasteiger partial charge in [0, 0.05) is 125 Å². The van der Waals surface area contributed by atoms with Crippen molar-refractivity contribution in [2.24, 2.45) is 5.73 Å². The standard InChI is InChI=1S/C29H29FN6O2.C27H27FN6O2.C27H29N5O2.4H2/c1-4-29(5-2,17-31)36-16-20(7-11-27(36)37)25-15-32-18(3)28(34-25)26-13-24(35-38-26)22-10-6-19(12-23(22)30)14-33-21-8-9-21;1-5-27(6-2,16-29)34-15-19(8-10-25(34)35)23-14-31-17(3)26(32-23)24-12-22(33-36-24)20-9-7-18(13-30-4)11-21(20)28;1-4-21(5-2)32-16-19(9-10-25(32)33)23-15-29-17(3)26(30-23)24-14-22(31-34-24)18-7-6-8-20(13-18)27(28)11-12-27;;;;/h6-7,10-13,15-16,21,33H,4-5,8-9,14H2,1-3H3;7-12,14-15,30H,5-6,13H2,1-4H3;6-10,13-16,21H,4-5,11-12,28H2,1-3H3;4*1H. The normalized spacial score (nSPS) is 13.1. The zero-order chi connectivity index (χ0) is 76.6. The number of nitriles is 2. The predicted octanol–water partition coefficient (Wildman–Crippen LogP) is 16.4. The SMILES string of the molecule is CCC(C#N)(CC)n1cc(-c2cnc(C)c(-c3cc(-c4ccc(CNC)cc4F)no3)n2)ccc1=O.CCC(C#N)(CC)n1cc(-c2cnc(C)c(-c3cc(-c4ccc(CNC5CC5)cc4F)no3)n2)ccc1=O.CCC(CC)n1cc(-c2cnc(C)c(-c3cc(-c4cccc(C5(N)CC5)c4)no3)n2)ccc1=O.[HH].[HH].[HH].[HH]. The summed E-state index contributed by atoms with van der Waals surface area (Å²) < 4.78 is 51.1. The van der Waals surface area contributed by atoms with E-state index < -0.39 is 16.9 Å². The lowest BCUT2D eigenvalue weighted by molar-refractivity contribution is 0.345. The number of rotatable bonds is 24. The molecular formula is C83H93F2N17O6. The van der Waals surface area contributed by atoms with Gasteiger partial charge in [-0.15, -0.1) is 0 Å². The smallest absolute Gasteiger partial charge is 0.251 e. The number of nitrogens with zero attached hydrogens (tertiary/aromatic N) is 14. The number of halogens is 2. The number of nitrogens with one attached hydrogen (secondary N) is 2. The van der Waals surface area contributed by atoms with Gasteiger partial charge in [0.25, 0.3) is 16.7 Å². The molecule has 12 aromatic rings. The maximum Gasteiger partial charge on any atom is 0.251 e. The maximum absolute atomic E-state index is 14.9. The summed E-state index contributed by atoms with van der Waals surface area (Å²) >= 11 is 0. The van der Waals surface area contributed by atoms with Crippen LogP contribution in [-0.2, 0) is 29.7 Å². The molecular weight excluding hydrogens is 1370 g/mol. The van der Waals surface area contributed by atoms with Crippen molar-refractivity contribution in [3.05, 3.63) is 229 Å². The second kappa shape index (κ2) is 32.4. The lowest BCUT2D eigenvalue weighted by Gasteiger charge is -2.26. The van der Waals surface area contributed by atoms with Crippen LogP contribution in [0.5, 0.6) is 0 Å². The molecule has 2 saturated carbocycles. The molecule has 0 saturated heterocycles. The van der Waals surface area contributed by atoms with E-state index in [1.54, 1.807) is 105 Å². The van der Waals surface area contributed by atoms with Gasteiger partial charge in [0.2, 0.25) is 0 Å². The largest absolute Gasteiger partial charge is 0.354 e. The molecule has 9 aromatic heterocycles. The van der Waals surface area contributed by atoms with E-state index in [4.69, 9.17) is 34.3 Å². The van der Waals surface area contributed by atoms with Crippen LogP contribution in [0.25, 0.3) is 102 Å².